The molecule has 0 aromatic carbocycles. The molecule has 1 fully saturated rings. The molecule has 1 aromatic rings. The molecule has 0 aliphatic heterocycles. The van der Waals surface area contributed by atoms with Crippen LogP contribution in [0.2, 0.25) is 0 Å². The standard InChI is InChI=1S/C10H14N2O3S/c13-4-3-12(8-1-2-8)5-7-6-16-9(11-7)10(14)15/h6,8,13H,1-5H2,(H,14,15). The van der Waals surface area contributed by atoms with Crippen molar-refractivity contribution in [3.05, 3.63) is 16.1 Å². The SMILES string of the molecule is O=C(O)c1nc(CN(CCO)C2CC2)cs1. The number of carboxylic acids is 1. The third-order valence-corrected chi connectivity index (χ3v) is 3.43. The van der Waals surface area contributed by atoms with Crippen LogP contribution in [0.25, 0.3) is 0 Å². The quantitative estimate of drug-likeness (QED) is 0.771. The van der Waals surface area contributed by atoms with Gasteiger partial charge in [0, 0.05) is 24.5 Å². The average molecular weight is 242 g/mol. The maximum Gasteiger partial charge on any atom is 0.365 e. The number of aliphatic hydroxyl groups is 1. The number of hydrogen-bond acceptors (Lipinski definition) is 5. The number of thiazole rings is 1. The lowest BCUT2D eigenvalue weighted by Crippen LogP contribution is -2.28. The minimum atomic E-state index is -0.976. The maximum atomic E-state index is 10.7. The molecule has 5 nitrogen and oxygen atoms in total. The Bertz CT molecular complexity index is 376. The first-order valence-corrected chi connectivity index (χ1v) is 6.11. The summed E-state index contributed by atoms with van der Waals surface area (Å²) in [6.07, 6.45) is 2.33. The Morgan fingerprint density at radius 3 is 2.88 bits per heavy atom. The number of nitrogens with zero attached hydrogens (tertiary/aromatic N) is 2. The molecule has 88 valence electrons. The zero-order chi connectivity index (χ0) is 11.5. The van der Waals surface area contributed by atoms with Crippen LogP contribution < -0.4 is 0 Å². The number of rotatable bonds is 6. The minimum Gasteiger partial charge on any atom is -0.476 e. The summed E-state index contributed by atoms with van der Waals surface area (Å²) in [5, 5.41) is 19.6. The first-order valence-electron chi connectivity index (χ1n) is 5.23. The van der Waals surface area contributed by atoms with Crippen molar-refractivity contribution in [3.8, 4) is 0 Å². The van der Waals surface area contributed by atoms with Crippen molar-refractivity contribution < 1.29 is 15.0 Å². The third kappa shape index (κ3) is 2.78. The zero-order valence-electron chi connectivity index (χ0n) is 8.80. The summed E-state index contributed by atoms with van der Waals surface area (Å²) in [5.41, 5.74) is 0.780. The Hall–Kier alpha value is -0.980. The molecule has 0 spiro atoms. The molecule has 0 atom stereocenters. The van der Waals surface area contributed by atoms with Gasteiger partial charge in [-0.25, -0.2) is 9.78 Å². The molecule has 1 heterocycles. The van der Waals surface area contributed by atoms with Crippen LogP contribution in [0.15, 0.2) is 5.38 Å². The molecule has 2 N–H and O–H groups in total. The van der Waals surface area contributed by atoms with Crippen LogP contribution in [0.3, 0.4) is 0 Å². The van der Waals surface area contributed by atoms with Gasteiger partial charge in [-0.1, -0.05) is 0 Å². The van der Waals surface area contributed by atoms with E-state index in [0.29, 0.717) is 19.1 Å². The summed E-state index contributed by atoms with van der Waals surface area (Å²) in [7, 11) is 0. The highest BCUT2D eigenvalue weighted by molar-refractivity contribution is 7.11. The predicted molar refractivity (Wildman–Crippen MR) is 59.6 cm³/mol. The average Bonchev–Trinajstić information content (AvgIpc) is 2.98. The molecule has 6 heteroatoms. The van der Waals surface area contributed by atoms with Crippen molar-refractivity contribution in [1.29, 1.82) is 0 Å². The van der Waals surface area contributed by atoms with Crippen LogP contribution >= 0.6 is 11.3 Å². The van der Waals surface area contributed by atoms with Crippen LogP contribution in [0.1, 0.15) is 28.3 Å². The van der Waals surface area contributed by atoms with Gasteiger partial charge in [-0.05, 0) is 12.8 Å². The molecule has 16 heavy (non-hydrogen) atoms. The Labute approximate surface area is 97.4 Å². The largest absolute Gasteiger partial charge is 0.476 e. The fourth-order valence-electron chi connectivity index (χ4n) is 1.64. The monoisotopic (exact) mass is 242 g/mol. The van der Waals surface area contributed by atoms with Crippen LogP contribution in [-0.4, -0.2) is 45.3 Å². The molecule has 1 aliphatic carbocycles. The highest BCUT2D eigenvalue weighted by Gasteiger charge is 2.29. The van der Waals surface area contributed by atoms with Gasteiger partial charge in [0.25, 0.3) is 0 Å². The molecule has 2 rings (SSSR count). The lowest BCUT2D eigenvalue weighted by molar-refractivity contribution is 0.0696. The fourth-order valence-corrected chi connectivity index (χ4v) is 2.29. The van der Waals surface area contributed by atoms with Crippen molar-refractivity contribution >= 4 is 17.3 Å². The number of hydrogen-bond donors (Lipinski definition) is 2. The molecule has 0 saturated heterocycles. The van der Waals surface area contributed by atoms with Gasteiger partial charge >= 0.3 is 5.97 Å². The highest BCUT2D eigenvalue weighted by atomic mass is 32.1. The second-order valence-corrected chi connectivity index (χ2v) is 4.73. The van der Waals surface area contributed by atoms with Gasteiger partial charge in [0.1, 0.15) is 0 Å². The van der Waals surface area contributed by atoms with Crippen LogP contribution in [0, 0.1) is 0 Å². The number of aromatic nitrogens is 1. The second-order valence-electron chi connectivity index (χ2n) is 3.87. The maximum absolute atomic E-state index is 10.7. The van der Waals surface area contributed by atoms with E-state index in [9.17, 15) is 4.79 Å². The van der Waals surface area contributed by atoms with E-state index >= 15 is 0 Å². The molecule has 0 radical (unpaired) electrons. The number of carboxylic acid groups (broad SMARTS) is 1. The number of aliphatic hydroxyl groups excluding tert-OH is 1. The van der Waals surface area contributed by atoms with Gasteiger partial charge in [-0.15, -0.1) is 11.3 Å². The zero-order valence-corrected chi connectivity index (χ0v) is 9.61. The van der Waals surface area contributed by atoms with Crippen molar-refractivity contribution in [2.75, 3.05) is 13.2 Å². The Morgan fingerprint density at radius 2 is 2.38 bits per heavy atom. The molecular formula is C10H14N2O3S. The number of carbonyl (C=O) groups is 1. The van der Waals surface area contributed by atoms with E-state index < -0.39 is 5.97 Å². The Kier molecular flexibility index (Phi) is 3.52. The van der Waals surface area contributed by atoms with Gasteiger partial charge in [-0.2, -0.15) is 0 Å². The summed E-state index contributed by atoms with van der Waals surface area (Å²) in [6.45, 7) is 1.39. The van der Waals surface area contributed by atoms with Crippen LogP contribution in [0.4, 0.5) is 0 Å². The normalized spacial score (nSPS) is 15.6. The number of aromatic carboxylic acids is 1. The first kappa shape index (κ1) is 11.5. The lowest BCUT2D eigenvalue weighted by Gasteiger charge is -2.19. The third-order valence-electron chi connectivity index (χ3n) is 2.55. The Morgan fingerprint density at radius 1 is 1.62 bits per heavy atom. The minimum absolute atomic E-state index is 0.131. The van der Waals surface area contributed by atoms with Gasteiger partial charge in [0.15, 0.2) is 0 Å². The molecule has 0 amide bonds. The van der Waals surface area contributed by atoms with Gasteiger partial charge in [-0.3, -0.25) is 4.90 Å². The lowest BCUT2D eigenvalue weighted by atomic mass is 10.4. The van der Waals surface area contributed by atoms with E-state index in [-0.39, 0.29) is 11.6 Å². The van der Waals surface area contributed by atoms with Crippen molar-refractivity contribution in [2.24, 2.45) is 0 Å². The summed E-state index contributed by atoms with van der Waals surface area (Å²) < 4.78 is 0. The van der Waals surface area contributed by atoms with E-state index in [2.05, 4.69) is 9.88 Å². The second kappa shape index (κ2) is 4.90. The summed E-state index contributed by atoms with van der Waals surface area (Å²) in [4.78, 5) is 16.9. The van der Waals surface area contributed by atoms with Crippen LogP contribution in [0.5, 0.6) is 0 Å². The molecular weight excluding hydrogens is 228 g/mol. The topological polar surface area (TPSA) is 73.7 Å². The van der Waals surface area contributed by atoms with E-state index in [1.54, 1.807) is 5.38 Å². The molecule has 1 aromatic heterocycles. The Balaban J connectivity index is 1.97. The van der Waals surface area contributed by atoms with Crippen molar-refractivity contribution in [3.63, 3.8) is 0 Å². The van der Waals surface area contributed by atoms with E-state index in [1.165, 1.54) is 0 Å². The highest BCUT2D eigenvalue weighted by Crippen LogP contribution is 2.28. The van der Waals surface area contributed by atoms with Crippen molar-refractivity contribution in [2.45, 2.75) is 25.4 Å². The van der Waals surface area contributed by atoms with Crippen LogP contribution in [-0.2, 0) is 6.54 Å². The molecule has 1 saturated carbocycles. The van der Waals surface area contributed by atoms with E-state index in [4.69, 9.17) is 10.2 Å². The first-order chi connectivity index (χ1) is 7.70. The fraction of sp³-hybridized carbons (Fsp3) is 0.600. The van der Waals surface area contributed by atoms with Crippen molar-refractivity contribution in [1.82, 2.24) is 9.88 Å². The van der Waals surface area contributed by atoms with Gasteiger partial charge < -0.3 is 10.2 Å². The van der Waals surface area contributed by atoms with E-state index in [0.717, 1.165) is 29.9 Å². The summed E-state index contributed by atoms with van der Waals surface area (Å²) in [5.74, 6) is -0.976. The predicted octanol–water partition coefficient (Wildman–Crippen LogP) is 0.798. The van der Waals surface area contributed by atoms with E-state index in [1.807, 2.05) is 0 Å². The molecule has 0 unspecified atom stereocenters. The molecule has 1 aliphatic rings. The summed E-state index contributed by atoms with van der Waals surface area (Å²) in [6, 6.07) is 0.544. The summed E-state index contributed by atoms with van der Waals surface area (Å²) >= 11 is 1.15. The van der Waals surface area contributed by atoms with Gasteiger partial charge in [0.05, 0.1) is 12.3 Å². The smallest absolute Gasteiger partial charge is 0.365 e. The van der Waals surface area contributed by atoms with Gasteiger partial charge in [0.2, 0.25) is 5.01 Å². The molecule has 0 bridgehead atoms.